The lowest BCUT2D eigenvalue weighted by atomic mass is 10.2. The fraction of sp³-hybridized carbons (Fsp3) is 0. The number of anilines is 1. The van der Waals surface area contributed by atoms with Gasteiger partial charge in [0.1, 0.15) is 10.3 Å². The van der Waals surface area contributed by atoms with Crippen LogP contribution < -0.4 is 5.32 Å². The second-order valence-corrected chi connectivity index (χ2v) is 4.34. The standard InChI is InChI=1S/C12H7Cl2FN2O2/c13-10-4-2-7(11(14)17-10)12(19)16-6-1-3-9(18)8(15)5-6/h1-5,18H,(H,16,19). The number of benzene rings is 1. The molecule has 0 aliphatic rings. The molecule has 1 heterocycles. The van der Waals surface area contributed by atoms with Crippen molar-refractivity contribution in [2.45, 2.75) is 0 Å². The topological polar surface area (TPSA) is 62.2 Å². The highest BCUT2D eigenvalue weighted by molar-refractivity contribution is 6.35. The van der Waals surface area contributed by atoms with Gasteiger partial charge in [0, 0.05) is 11.8 Å². The van der Waals surface area contributed by atoms with Gasteiger partial charge in [0.15, 0.2) is 11.6 Å². The molecule has 1 amide bonds. The third-order valence-corrected chi connectivity index (χ3v) is 2.76. The Balaban J connectivity index is 2.23. The third kappa shape index (κ3) is 3.13. The quantitative estimate of drug-likeness (QED) is 0.659. The van der Waals surface area contributed by atoms with Crippen LogP contribution in [0.5, 0.6) is 5.75 Å². The predicted octanol–water partition coefficient (Wildman–Crippen LogP) is 3.49. The van der Waals surface area contributed by atoms with Crippen LogP contribution in [0.4, 0.5) is 10.1 Å². The van der Waals surface area contributed by atoms with Crippen molar-refractivity contribution in [2.75, 3.05) is 5.32 Å². The molecule has 0 radical (unpaired) electrons. The number of nitrogens with zero attached hydrogens (tertiary/aromatic N) is 1. The normalized spacial score (nSPS) is 10.3. The second-order valence-electron chi connectivity index (χ2n) is 3.59. The van der Waals surface area contributed by atoms with Crippen molar-refractivity contribution in [2.24, 2.45) is 0 Å². The molecule has 0 saturated heterocycles. The van der Waals surface area contributed by atoms with Crippen molar-refractivity contribution in [1.29, 1.82) is 0 Å². The summed E-state index contributed by atoms with van der Waals surface area (Å²) in [4.78, 5) is 15.6. The van der Waals surface area contributed by atoms with E-state index in [1.807, 2.05) is 0 Å². The van der Waals surface area contributed by atoms with E-state index in [2.05, 4.69) is 10.3 Å². The summed E-state index contributed by atoms with van der Waals surface area (Å²) in [6.45, 7) is 0. The number of nitrogens with one attached hydrogen (secondary N) is 1. The minimum atomic E-state index is -0.835. The Bertz CT molecular complexity index is 650. The smallest absolute Gasteiger partial charge is 0.258 e. The van der Waals surface area contributed by atoms with Crippen LogP contribution in [0.3, 0.4) is 0 Å². The van der Waals surface area contributed by atoms with Crippen molar-refractivity contribution in [3.8, 4) is 5.75 Å². The van der Waals surface area contributed by atoms with Gasteiger partial charge in [0.2, 0.25) is 0 Å². The minimum absolute atomic E-state index is 0.0516. The zero-order chi connectivity index (χ0) is 14.0. The van der Waals surface area contributed by atoms with Gasteiger partial charge in [-0.15, -0.1) is 0 Å². The molecule has 0 saturated carbocycles. The number of hydrogen-bond acceptors (Lipinski definition) is 3. The van der Waals surface area contributed by atoms with E-state index in [4.69, 9.17) is 28.3 Å². The first-order chi connectivity index (χ1) is 8.97. The minimum Gasteiger partial charge on any atom is -0.505 e. The molecule has 2 rings (SSSR count). The Morgan fingerprint density at radius 2 is 2.00 bits per heavy atom. The molecule has 19 heavy (non-hydrogen) atoms. The highest BCUT2D eigenvalue weighted by atomic mass is 35.5. The lowest BCUT2D eigenvalue weighted by Crippen LogP contribution is -2.13. The molecule has 0 atom stereocenters. The van der Waals surface area contributed by atoms with E-state index in [9.17, 15) is 9.18 Å². The molecule has 1 aromatic heterocycles. The largest absolute Gasteiger partial charge is 0.505 e. The highest BCUT2D eigenvalue weighted by Crippen LogP contribution is 2.21. The van der Waals surface area contributed by atoms with Gasteiger partial charge in [-0.25, -0.2) is 9.37 Å². The van der Waals surface area contributed by atoms with Gasteiger partial charge in [-0.05, 0) is 24.3 Å². The molecule has 0 unspecified atom stereocenters. The Morgan fingerprint density at radius 3 is 2.63 bits per heavy atom. The van der Waals surface area contributed by atoms with Crippen LogP contribution in [0.2, 0.25) is 10.3 Å². The number of carbonyl (C=O) groups excluding carboxylic acids is 1. The molecular weight excluding hydrogens is 294 g/mol. The number of aromatic nitrogens is 1. The van der Waals surface area contributed by atoms with Gasteiger partial charge in [0.25, 0.3) is 5.91 Å². The average Bonchev–Trinajstić information content (AvgIpc) is 2.33. The van der Waals surface area contributed by atoms with Gasteiger partial charge in [0.05, 0.1) is 5.56 Å². The summed E-state index contributed by atoms with van der Waals surface area (Å²) in [7, 11) is 0. The van der Waals surface area contributed by atoms with E-state index in [1.54, 1.807) is 0 Å². The van der Waals surface area contributed by atoms with Crippen LogP contribution >= 0.6 is 23.2 Å². The van der Waals surface area contributed by atoms with Crippen LogP contribution in [0.15, 0.2) is 30.3 Å². The maximum atomic E-state index is 13.1. The Kier molecular flexibility index (Phi) is 3.87. The number of halogens is 3. The zero-order valence-electron chi connectivity index (χ0n) is 9.32. The van der Waals surface area contributed by atoms with Crippen LogP contribution in [0.1, 0.15) is 10.4 Å². The van der Waals surface area contributed by atoms with Crippen molar-refractivity contribution in [3.63, 3.8) is 0 Å². The second kappa shape index (κ2) is 5.42. The molecule has 0 spiro atoms. The monoisotopic (exact) mass is 300 g/mol. The summed E-state index contributed by atoms with van der Waals surface area (Å²) >= 11 is 11.4. The van der Waals surface area contributed by atoms with E-state index in [0.717, 1.165) is 12.1 Å². The molecule has 4 nitrogen and oxygen atoms in total. The lowest BCUT2D eigenvalue weighted by Gasteiger charge is -2.07. The number of rotatable bonds is 2. The molecule has 7 heteroatoms. The average molecular weight is 301 g/mol. The van der Waals surface area contributed by atoms with E-state index >= 15 is 0 Å². The van der Waals surface area contributed by atoms with Gasteiger partial charge in [-0.1, -0.05) is 23.2 Å². The Hall–Kier alpha value is -1.85. The molecule has 2 aromatic rings. The van der Waals surface area contributed by atoms with Crippen molar-refractivity contribution in [3.05, 3.63) is 52.0 Å². The fourth-order valence-electron chi connectivity index (χ4n) is 1.36. The number of pyridine rings is 1. The maximum absolute atomic E-state index is 13.1. The molecule has 98 valence electrons. The van der Waals surface area contributed by atoms with Crippen LogP contribution in [-0.4, -0.2) is 16.0 Å². The third-order valence-electron chi connectivity index (χ3n) is 2.26. The van der Waals surface area contributed by atoms with Crippen LogP contribution in [0.25, 0.3) is 0 Å². The molecule has 1 aromatic carbocycles. The number of phenols is 1. The van der Waals surface area contributed by atoms with Crippen molar-refractivity contribution >= 4 is 34.8 Å². The van der Waals surface area contributed by atoms with Crippen molar-refractivity contribution < 1.29 is 14.3 Å². The summed E-state index contributed by atoms with van der Waals surface area (Å²) in [5.74, 6) is -1.89. The number of carbonyl (C=O) groups is 1. The Morgan fingerprint density at radius 1 is 1.26 bits per heavy atom. The van der Waals surface area contributed by atoms with Crippen LogP contribution in [-0.2, 0) is 0 Å². The van der Waals surface area contributed by atoms with Gasteiger partial charge >= 0.3 is 0 Å². The summed E-state index contributed by atoms with van der Waals surface area (Å²) in [5.41, 5.74) is 0.297. The fourth-order valence-corrected chi connectivity index (χ4v) is 1.80. The molecule has 0 aliphatic heterocycles. The van der Waals surface area contributed by atoms with E-state index < -0.39 is 17.5 Å². The summed E-state index contributed by atoms with van der Waals surface area (Å²) in [6, 6.07) is 6.30. The SMILES string of the molecule is O=C(Nc1ccc(O)c(F)c1)c1ccc(Cl)nc1Cl. The maximum Gasteiger partial charge on any atom is 0.258 e. The van der Waals surface area contributed by atoms with Crippen LogP contribution in [0, 0.1) is 5.82 Å². The van der Waals surface area contributed by atoms with Crippen molar-refractivity contribution in [1.82, 2.24) is 4.98 Å². The zero-order valence-corrected chi connectivity index (χ0v) is 10.8. The summed E-state index contributed by atoms with van der Waals surface area (Å²) in [6.07, 6.45) is 0. The summed E-state index contributed by atoms with van der Waals surface area (Å²) < 4.78 is 13.1. The molecule has 0 fully saturated rings. The van der Waals surface area contributed by atoms with Gasteiger partial charge in [-0.3, -0.25) is 4.79 Å². The summed E-state index contributed by atoms with van der Waals surface area (Å²) in [5, 5.41) is 11.6. The predicted molar refractivity (Wildman–Crippen MR) is 70.3 cm³/mol. The molecule has 2 N–H and O–H groups in total. The van der Waals surface area contributed by atoms with Gasteiger partial charge < -0.3 is 10.4 Å². The number of hydrogen-bond donors (Lipinski definition) is 2. The molecule has 0 bridgehead atoms. The first-order valence-electron chi connectivity index (χ1n) is 5.09. The molecule has 0 aliphatic carbocycles. The van der Waals surface area contributed by atoms with E-state index in [0.29, 0.717) is 0 Å². The molecular formula is C12H7Cl2FN2O2. The van der Waals surface area contributed by atoms with E-state index in [1.165, 1.54) is 18.2 Å². The Labute approximate surface area is 117 Å². The first kappa shape index (κ1) is 13.6. The lowest BCUT2D eigenvalue weighted by molar-refractivity contribution is 0.102. The number of aromatic hydroxyl groups is 1. The van der Waals surface area contributed by atoms with E-state index in [-0.39, 0.29) is 21.6 Å². The first-order valence-corrected chi connectivity index (χ1v) is 5.85. The number of phenolic OH excluding ortho intramolecular Hbond substituents is 1. The highest BCUT2D eigenvalue weighted by Gasteiger charge is 2.13. The van der Waals surface area contributed by atoms with Gasteiger partial charge in [-0.2, -0.15) is 0 Å². The number of amides is 1.